The smallest absolute Gasteiger partial charge is 0.337 e. The summed E-state index contributed by atoms with van der Waals surface area (Å²) in [6.07, 6.45) is -0.725. The molecule has 1 rings (SSSR count). The standard InChI is InChI=1S/C7H11FO5/c8-2-1-3-11-6(9)5-4-12-7(10)13-5/h5,7,10H,1-4H2. The van der Waals surface area contributed by atoms with Crippen molar-refractivity contribution in [1.82, 2.24) is 0 Å². The molecule has 0 bridgehead atoms. The van der Waals surface area contributed by atoms with Crippen LogP contribution in [0.4, 0.5) is 4.39 Å². The molecule has 0 aromatic heterocycles. The second-order valence-corrected chi connectivity index (χ2v) is 2.48. The van der Waals surface area contributed by atoms with Gasteiger partial charge in [-0.1, -0.05) is 0 Å². The van der Waals surface area contributed by atoms with Gasteiger partial charge in [0.05, 0.1) is 19.9 Å². The van der Waals surface area contributed by atoms with Gasteiger partial charge in [0.2, 0.25) is 0 Å². The molecule has 6 heteroatoms. The third-order valence-electron chi connectivity index (χ3n) is 1.46. The summed E-state index contributed by atoms with van der Waals surface area (Å²) in [4.78, 5) is 11.0. The summed E-state index contributed by atoms with van der Waals surface area (Å²) < 4.78 is 25.4. The fourth-order valence-electron chi connectivity index (χ4n) is 0.833. The number of esters is 1. The summed E-state index contributed by atoms with van der Waals surface area (Å²) in [5, 5.41) is 8.71. The lowest BCUT2D eigenvalue weighted by atomic mass is 10.4. The number of rotatable bonds is 4. The number of hydrogen-bond donors (Lipinski definition) is 1. The van der Waals surface area contributed by atoms with Crippen LogP contribution in [0.2, 0.25) is 0 Å². The van der Waals surface area contributed by atoms with Crippen molar-refractivity contribution in [2.75, 3.05) is 19.9 Å². The second kappa shape index (κ2) is 5.11. The molecule has 0 aliphatic carbocycles. The number of alkyl halides is 1. The lowest BCUT2D eigenvalue weighted by Crippen LogP contribution is -2.26. The topological polar surface area (TPSA) is 65.0 Å². The Bertz CT molecular complexity index is 174. The number of carbonyl (C=O) groups is 1. The molecule has 0 saturated carbocycles. The maximum absolute atomic E-state index is 11.6. The second-order valence-electron chi connectivity index (χ2n) is 2.48. The Morgan fingerprint density at radius 1 is 1.69 bits per heavy atom. The Hall–Kier alpha value is -0.720. The molecule has 1 heterocycles. The van der Waals surface area contributed by atoms with Gasteiger partial charge in [-0.05, 0) is 0 Å². The minimum atomic E-state index is -1.36. The van der Waals surface area contributed by atoms with Gasteiger partial charge in [-0.15, -0.1) is 0 Å². The highest BCUT2D eigenvalue weighted by molar-refractivity contribution is 5.75. The first kappa shape index (κ1) is 10.4. The molecule has 0 aromatic rings. The van der Waals surface area contributed by atoms with E-state index in [1.54, 1.807) is 0 Å². The molecule has 0 radical (unpaired) electrons. The lowest BCUT2D eigenvalue weighted by Gasteiger charge is -2.07. The first-order valence-electron chi connectivity index (χ1n) is 3.92. The molecule has 2 unspecified atom stereocenters. The van der Waals surface area contributed by atoms with E-state index in [9.17, 15) is 9.18 Å². The van der Waals surface area contributed by atoms with Crippen LogP contribution in [0.1, 0.15) is 6.42 Å². The zero-order chi connectivity index (χ0) is 9.68. The monoisotopic (exact) mass is 194 g/mol. The van der Waals surface area contributed by atoms with Gasteiger partial charge >= 0.3 is 5.97 Å². The van der Waals surface area contributed by atoms with E-state index in [1.165, 1.54) is 0 Å². The van der Waals surface area contributed by atoms with Crippen molar-refractivity contribution in [3.05, 3.63) is 0 Å². The van der Waals surface area contributed by atoms with Gasteiger partial charge in [-0.2, -0.15) is 0 Å². The van der Waals surface area contributed by atoms with Gasteiger partial charge in [0.25, 0.3) is 6.48 Å². The minimum Gasteiger partial charge on any atom is -0.464 e. The number of hydrogen-bond acceptors (Lipinski definition) is 5. The molecule has 1 fully saturated rings. The number of carbonyl (C=O) groups excluding carboxylic acids is 1. The fraction of sp³-hybridized carbons (Fsp3) is 0.857. The van der Waals surface area contributed by atoms with Gasteiger partial charge in [0.15, 0.2) is 6.10 Å². The van der Waals surface area contributed by atoms with Crippen molar-refractivity contribution in [3.8, 4) is 0 Å². The third-order valence-corrected chi connectivity index (χ3v) is 1.46. The summed E-state index contributed by atoms with van der Waals surface area (Å²) in [5.41, 5.74) is 0. The number of ether oxygens (including phenoxy) is 3. The number of aliphatic hydroxyl groups is 1. The zero-order valence-electron chi connectivity index (χ0n) is 6.94. The fourth-order valence-corrected chi connectivity index (χ4v) is 0.833. The molecule has 13 heavy (non-hydrogen) atoms. The van der Waals surface area contributed by atoms with Gasteiger partial charge < -0.3 is 19.3 Å². The van der Waals surface area contributed by atoms with Gasteiger partial charge in [0.1, 0.15) is 0 Å². The van der Waals surface area contributed by atoms with E-state index in [0.29, 0.717) is 0 Å². The predicted octanol–water partition coefficient (Wildman–Crippen LogP) is -0.420. The van der Waals surface area contributed by atoms with E-state index in [4.69, 9.17) is 5.11 Å². The molecule has 0 spiro atoms. The minimum absolute atomic E-state index is 0.0191. The Labute approximate surface area is 74.4 Å². The maximum atomic E-state index is 11.6. The Balaban J connectivity index is 2.16. The SMILES string of the molecule is O=C(OCCCF)C1COC(O)O1. The van der Waals surface area contributed by atoms with Crippen LogP contribution in [0.5, 0.6) is 0 Å². The van der Waals surface area contributed by atoms with E-state index in [0.717, 1.165) is 0 Å². The highest BCUT2D eigenvalue weighted by Crippen LogP contribution is 2.10. The number of aliphatic hydroxyl groups excluding tert-OH is 1. The van der Waals surface area contributed by atoms with Crippen molar-refractivity contribution in [2.24, 2.45) is 0 Å². The molecular formula is C7H11FO5. The van der Waals surface area contributed by atoms with E-state index >= 15 is 0 Å². The van der Waals surface area contributed by atoms with E-state index in [-0.39, 0.29) is 19.6 Å². The quantitative estimate of drug-likeness (QED) is 0.486. The van der Waals surface area contributed by atoms with Crippen LogP contribution in [-0.4, -0.2) is 43.5 Å². The molecule has 5 nitrogen and oxygen atoms in total. The maximum Gasteiger partial charge on any atom is 0.337 e. The van der Waals surface area contributed by atoms with Crippen LogP contribution in [0.3, 0.4) is 0 Å². The summed E-state index contributed by atoms with van der Waals surface area (Å²) in [6.45, 7) is -1.91. The van der Waals surface area contributed by atoms with Crippen molar-refractivity contribution in [3.63, 3.8) is 0 Å². The Morgan fingerprint density at radius 2 is 2.46 bits per heavy atom. The lowest BCUT2D eigenvalue weighted by molar-refractivity contribution is -0.209. The summed E-state index contributed by atoms with van der Waals surface area (Å²) in [5.74, 6) is -0.634. The summed E-state index contributed by atoms with van der Waals surface area (Å²) >= 11 is 0. The van der Waals surface area contributed by atoms with Gasteiger partial charge in [-0.3, -0.25) is 4.39 Å². The molecule has 1 aliphatic heterocycles. The van der Waals surface area contributed by atoms with Gasteiger partial charge in [-0.25, -0.2) is 4.79 Å². The summed E-state index contributed by atoms with van der Waals surface area (Å²) in [6, 6.07) is 0. The molecule has 2 atom stereocenters. The highest BCUT2D eigenvalue weighted by Gasteiger charge is 2.31. The third kappa shape index (κ3) is 3.25. The molecule has 76 valence electrons. The van der Waals surface area contributed by atoms with Crippen molar-refractivity contribution in [1.29, 1.82) is 0 Å². The molecule has 1 aliphatic rings. The molecule has 1 saturated heterocycles. The average molecular weight is 194 g/mol. The summed E-state index contributed by atoms with van der Waals surface area (Å²) in [7, 11) is 0. The van der Waals surface area contributed by atoms with E-state index in [2.05, 4.69) is 14.2 Å². The van der Waals surface area contributed by atoms with E-state index in [1.807, 2.05) is 0 Å². The van der Waals surface area contributed by atoms with E-state index < -0.39 is 25.2 Å². The largest absolute Gasteiger partial charge is 0.464 e. The normalized spacial score (nSPS) is 27.5. The molecular weight excluding hydrogens is 183 g/mol. The van der Waals surface area contributed by atoms with Crippen LogP contribution in [0, 0.1) is 0 Å². The Kier molecular flexibility index (Phi) is 4.07. The molecule has 0 amide bonds. The van der Waals surface area contributed by atoms with Crippen molar-refractivity contribution in [2.45, 2.75) is 19.0 Å². The van der Waals surface area contributed by atoms with Crippen LogP contribution < -0.4 is 0 Å². The molecule has 0 aromatic carbocycles. The number of halogens is 1. The van der Waals surface area contributed by atoms with Gasteiger partial charge in [0, 0.05) is 6.42 Å². The van der Waals surface area contributed by atoms with Crippen LogP contribution >= 0.6 is 0 Å². The molecule has 1 N–H and O–H groups in total. The first-order chi connectivity index (χ1) is 6.24. The predicted molar refractivity (Wildman–Crippen MR) is 38.4 cm³/mol. The van der Waals surface area contributed by atoms with Crippen LogP contribution in [-0.2, 0) is 19.0 Å². The van der Waals surface area contributed by atoms with Crippen molar-refractivity contribution >= 4 is 5.97 Å². The van der Waals surface area contributed by atoms with Crippen molar-refractivity contribution < 1.29 is 28.5 Å². The van der Waals surface area contributed by atoms with Crippen LogP contribution in [0.15, 0.2) is 0 Å². The first-order valence-corrected chi connectivity index (χ1v) is 3.92. The Morgan fingerprint density at radius 3 is 3.00 bits per heavy atom. The average Bonchev–Trinajstić information content (AvgIpc) is 2.52. The van der Waals surface area contributed by atoms with Crippen LogP contribution in [0.25, 0.3) is 0 Å². The highest BCUT2D eigenvalue weighted by atomic mass is 19.1. The zero-order valence-corrected chi connectivity index (χ0v) is 6.94.